The maximum Gasteiger partial charge on any atom is 0.225 e. The Labute approximate surface area is 132 Å². The maximum atomic E-state index is 12.3. The SMILES string of the molecule is CC(=O)N1CCC(C(=O)NC2CC(=O)N(C(C)(C)C)C2)CC1. The van der Waals surface area contributed by atoms with Crippen molar-refractivity contribution in [2.45, 2.75) is 58.5 Å². The predicted octanol–water partition coefficient (Wildman–Crippen LogP) is 0.761. The smallest absolute Gasteiger partial charge is 0.225 e. The minimum Gasteiger partial charge on any atom is -0.351 e. The molecule has 0 aromatic heterocycles. The van der Waals surface area contributed by atoms with Crippen molar-refractivity contribution in [2.24, 2.45) is 5.92 Å². The number of rotatable bonds is 2. The molecule has 1 N–H and O–H groups in total. The van der Waals surface area contributed by atoms with Gasteiger partial charge in [0.2, 0.25) is 17.7 Å². The lowest BCUT2D eigenvalue weighted by molar-refractivity contribution is -0.134. The molecular weight excluding hydrogens is 282 g/mol. The minimum absolute atomic E-state index is 0.0248. The van der Waals surface area contributed by atoms with Crippen molar-refractivity contribution >= 4 is 17.7 Å². The summed E-state index contributed by atoms with van der Waals surface area (Å²) in [4.78, 5) is 39.3. The molecule has 0 spiro atoms. The monoisotopic (exact) mass is 309 g/mol. The number of hydrogen-bond donors (Lipinski definition) is 1. The molecule has 2 fully saturated rings. The maximum absolute atomic E-state index is 12.3. The molecule has 1 atom stereocenters. The largest absolute Gasteiger partial charge is 0.351 e. The molecule has 0 bridgehead atoms. The third-order valence-electron chi connectivity index (χ3n) is 4.59. The number of piperidine rings is 1. The summed E-state index contributed by atoms with van der Waals surface area (Å²) < 4.78 is 0. The van der Waals surface area contributed by atoms with E-state index in [0.29, 0.717) is 38.9 Å². The van der Waals surface area contributed by atoms with Crippen molar-refractivity contribution in [2.75, 3.05) is 19.6 Å². The third-order valence-corrected chi connectivity index (χ3v) is 4.59. The van der Waals surface area contributed by atoms with Crippen LogP contribution >= 0.6 is 0 Å². The molecular formula is C16H27N3O3. The highest BCUT2D eigenvalue weighted by Gasteiger charge is 2.37. The minimum atomic E-state index is -0.205. The van der Waals surface area contributed by atoms with Gasteiger partial charge in [-0.1, -0.05) is 0 Å². The van der Waals surface area contributed by atoms with E-state index in [1.807, 2.05) is 25.7 Å². The van der Waals surface area contributed by atoms with E-state index in [1.165, 1.54) is 0 Å². The fourth-order valence-electron chi connectivity index (χ4n) is 3.23. The Kier molecular flexibility index (Phi) is 4.78. The Morgan fingerprint density at radius 1 is 1.18 bits per heavy atom. The van der Waals surface area contributed by atoms with E-state index in [0.717, 1.165) is 0 Å². The van der Waals surface area contributed by atoms with Crippen LogP contribution in [0.15, 0.2) is 0 Å². The lowest BCUT2D eigenvalue weighted by Gasteiger charge is -2.33. The number of carbonyl (C=O) groups excluding carboxylic acids is 3. The second-order valence-corrected chi connectivity index (χ2v) is 7.37. The molecule has 0 saturated carbocycles. The molecule has 6 heteroatoms. The quantitative estimate of drug-likeness (QED) is 0.819. The van der Waals surface area contributed by atoms with Crippen LogP contribution in [0.25, 0.3) is 0 Å². The van der Waals surface area contributed by atoms with Gasteiger partial charge in [-0.2, -0.15) is 0 Å². The molecule has 22 heavy (non-hydrogen) atoms. The summed E-state index contributed by atoms with van der Waals surface area (Å²) in [6.45, 7) is 9.45. The summed E-state index contributed by atoms with van der Waals surface area (Å²) in [5.74, 6) is 0.149. The van der Waals surface area contributed by atoms with E-state index in [4.69, 9.17) is 0 Å². The normalized spacial score (nSPS) is 23.8. The first kappa shape index (κ1) is 16.8. The van der Waals surface area contributed by atoms with Crippen LogP contribution in [0.4, 0.5) is 0 Å². The standard InChI is InChI=1S/C16H27N3O3/c1-11(20)18-7-5-12(6-8-18)15(22)17-13-9-14(21)19(10-13)16(2,3)4/h12-13H,5-10H2,1-4H3,(H,17,22). The van der Waals surface area contributed by atoms with Gasteiger partial charge in [0.05, 0.1) is 6.04 Å². The van der Waals surface area contributed by atoms with E-state index in [2.05, 4.69) is 5.32 Å². The molecule has 0 aromatic carbocycles. The van der Waals surface area contributed by atoms with Gasteiger partial charge in [0.15, 0.2) is 0 Å². The first-order valence-electron chi connectivity index (χ1n) is 8.05. The van der Waals surface area contributed by atoms with E-state index in [9.17, 15) is 14.4 Å². The Hall–Kier alpha value is -1.59. The van der Waals surface area contributed by atoms with Crippen LogP contribution in [0, 0.1) is 5.92 Å². The van der Waals surface area contributed by atoms with Crippen molar-refractivity contribution in [3.05, 3.63) is 0 Å². The third kappa shape index (κ3) is 3.78. The topological polar surface area (TPSA) is 69.7 Å². The average molecular weight is 309 g/mol. The van der Waals surface area contributed by atoms with Gasteiger partial charge in [0, 0.05) is 44.4 Å². The molecule has 3 amide bonds. The molecule has 0 radical (unpaired) electrons. The van der Waals surface area contributed by atoms with Crippen LogP contribution in [0.5, 0.6) is 0 Å². The molecule has 2 aliphatic rings. The summed E-state index contributed by atoms with van der Waals surface area (Å²) >= 11 is 0. The summed E-state index contributed by atoms with van der Waals surface area (Å²) in [6.07, 6.45) is 1.79. The van der Waals surface area contributed by atoms with E-state index in [-0.39, 0.29) is 35.2 Å². The van der Waals surface area contributed by atoms with Crippen LogP contribution in [0.1, 0.15) is 47.0 Å². The number of nitrogens with zero attached hydrogens (tertiary/aromatic N) is 2. The van der Waals surface area contributed by atoms with Crippen LogP contribution in [0.3, 0.4) is 0 Å². The van der Waals surface area contributed by atoms with Crippen LogP contribution in [-0.2, 0) is 14.4 Å². The number of nitrogens with one attached hydrogen (secondary N) is 1. The van der Waals surface area contributed by atoms with Gasteiger partial charge in [-0.15, -0.1) is 0 Å². The molecule has 2 rings (SSSR count). The van der Waals surface area contributed by atoms with Gasteiger partial charge in [0.1, 0.15) is 0 Å². The molecule has 6 nitrogen and oxygen atoms in total. The second kappa shape index (κ2) is 6.26. The summed E-state index contributed by atoms with van der Waals surface area (Å²) in [7, 11) is 0. The Balaban J connectivity index is 1.84. The highest BCUT2D eigenvalue weighted by atomic mass is 16.2. The summed E-state index contributed by atoms with van der Waals surface area (Å²) in [6, 6.07) is -0.0925. The first-order chi connectivity index (χ1) is 10.2. The molecule has 0 aliphatic carbocycles. The number of carbonyl (C=O) groups is 3. The highest BCUT2D eigenvalue weighted by Crippen LogP contribution is 2.23. The fraction of sp³-hybridized carbons (Fsp3) is 0.812. The summed E-state index contributed by atoms with van der Waals surface area (Å²) in [5, 5.41) is 3.02. The Morgan fingerprint density at radius 2 is 1.77 bits per heavy atom. The van der Waals surface area contributed by atoms with Crippen molar-refractivity contribution < 1.29 is 14.4 Å². The lowest BCUT2D eigenvalue weighted by Crippen LogP contribution is -2.47. The van der Waals surface area contributed by atoms with Crippen LogP contribution in [-0.4, -0.2) is 58.7 Å². The van der Waals surface area contributed by atoms with E-state index in [1.54, 1.807) is 11.8 Å². The predicted molar refractivity (Wildman–Crippen MR) is 83.0 cm³/mol. The zero-order chi connectivity index (χ0) is 16.5. The van der Waals surface area contributed by atoms with Crippen LogP contribution < -0.4 is 5.32 Å². The number of likely N-dealkylation sites (tertiary alicyclic amines) is 2. The molecule has 0 aromatic rings. The molecule has 2 saturated heterocycles. The molecule has 2 heterocycles. The van der Waals surface area contributed by atoms with Gasteiger partial charge in [0.25, 0.3) is 0 Å². The Bertz CT molecular complexity index is 462. The van der Waals surface area contributed by atoms with Gasteiger partial charge < -0.3 is 15.1 Å². The second-order valence-electron chi connectivity index (χ2n) is 7.37. The highest BCUT2D eigenvalue weighted by molar-refractivity contribution is 5.84. The van der Waals surface area contributed by atoms with Gasteiger partial charge >= 0.3 is 0 Å². The first-order valence-corrected chi connectivity index (χ1v) is 8.05. The van der Waals surface area contributed by atoms with Crippen molar-refractivity contribution in [3.63, 3.8) is 0 Å². The van der Waals surface area contributed by atoms with E-state index >= 15 is 0 Å². The molecule has 2 aliphatic heterocycles. The zero-order valence-electron chi connectivity index (χ0n) is 14.0. The van der Waals surface area contributed by atoms with E-state index < -0.39 is 0 Å². The Morgan fingerprint density at radius 3 is 2.23 bits per heavy atom. The average Bonchev–Trinajstić information content (AvgIpc) is 2.79. The van der Waals surface area contributed by atoms with Gasteiger partial charge in [-0.05, 0) is 33.6 Å². The summed E-state index contributed by atoms with van der Waals surface area (Å²) in [5.41, 5.74) is -0.205. The molecule has 1 unspecified atom stereocenters. The fourth-order valence-corrected chi connectivity index (χ4v) is 3.23. The van der Waals surface area contributed by atoms with Crippen molar-refractivity contribution in [1.29, 1.82) is 0 Å². The van der Waals surface area contributed by atoms with Crippen LogP contribution in [0.2, 0.25) is 0 Å². The number of hydrogen-bond acceptors (Lipinski definition) is 3. The lowest BCUT2D eigenvalue weighted by atomic mass is 9.95. The van der Waals surface area contributed by atoms with Crippen molar-refractivity contribution in [3.8, 4) is 0 Å². The number of amides is 3. The molecule has 124 valence electrons. The zero-order valence-corrected chi connectivity index (χ0v) is 14.0. The van der Waals surface area contributed by atoms with Crippen molar-refractivity contribution in [1.82, 2.24) is 15.1 Å². The van der Waals surface area contributed by atoms with Gasteiger partial charge in [-0.3, -0.25) is 14.4 Å². The van der Waals surface area contributed by atoms with Gasteiger partial charge in [-0.25, -0.2) is 0 Å².